The fourth-order valence-corrected chi connectivity index (χ4v) is 4.00. The number of carbonyl (C=O) groups is 3. The van der Waals surface area contributed by atoms with Crippen molar-refractivity contribution in [1.29, 1.82) is 0 Å². The summed E-state index contributed by atoms with van der Waals surface area (Å²) in [6, 6.07) is 3.82. The lowest BCUT2D eigenvalue weighted by atomic mass is 10.0. The SMILES string of the molecule is O=C(Nc1cccnc1)C1CC12CCN(C(=O)N1CCCC1)C2.O=C(O)C(F)(F)F. The van der Waals surface area contributed by atoms with Gasteiger partial charge in [-0.25, -0.2) is 9.59 Å². The molecular formula is C19H23F3N4O4. The summed E-state index contributed by atoms with van der Waals surface area (Å²) in [5.74, 6) is -2.67. The third-order valence-electron chi connectivity index (χ3n) is 5.71. The maximum atomic E-state index is 12.5. The summed E-state index contributed by atoms with van der Waals surface area (Å²) in [7, 11) is 0. The monoisotopic (exact) mass is 428 g/mol. The molecule has 3 fully saturated rings. The number of aromatic nitrogens is 1. The topological polar surface area (TPSA) is 103 Å². The Kier molecular flexibility index (Phi) is 6.18. The molecule has 0 aromatic carbocycles. The number of urea groups is 1. The quantitative estimate of drug-likeness (QED) is 0.754. The van der Waals surface area contributed by atoms with E-state index in [1.165, 1.54) is 0 Å². The predicted molar refractivity (Wildman–Crippen MR) is 99.5 cm³/mol. The van der Waals surface area contributed by atoms with E-state index >= 15 is 0 Å². The molecule has 4 rings (SSSR count). The predicted octanol–water partition coefficient (Wildman–Crippen LogP) is 2.58. The number of nitrogens with zero attached hydrogens (tertiary/aromatic N) is 3. The number of rotatable bonds is 2. The Labute approximate surface area is 171 Å². The third kappa shape index (κ3) is 5.00. The van der Waals surface area contributed by atoms with Crippen LogP contribution >= 0.6 is 0 Å². The number of carbonyl (C=O) groups excluding carboxylic acids is 2. The number of carboxylic acid groups (broad SMARTS) is 1. The highest BCUT2D eigenvalue weighted by Gasteiger charge is 2.61. The molecule has 2 unspecified atom stereocenters. The van der Waals surface area contributed by atoms with Gasteiger partial charge in [-0.05, 0) is 37.8 Å². The van der Waals surface area contributed by atoms with Crippen LogP contribution in [0.4, 0.5) is 23.7 Å². The van der Waals surface area contributed by atoms with Crippen LogP contribution in [0.3, 0.4) is 0 Å². The number of hydrogen-bond acceptors (Lipinski definition) is 4. The Hall–Kier alpha value is -2.85. The Balaban J connectivity index is 0.000000318. The van der Waals surface area contributed by atoms with Gasteiger partial charge in [0.05, 0.1) is 11.9 Å². The lowest BCUT2D eigenvalue weighted by Gasteiger charge is -2.24. The Bertz CT molecular complexity index is 799. The number of pyridine rings is 1. The van der Waals surface area contributed by atoms with Crippen molar-refractivity contribution in [2.75, 3.05) is 31.5 Å². The zero-order valence-corrected chi connectivity index (χ0v) is 16.2. The summed E-state index contributed by atoms with van der Waals surface area (Å²) in [5.41, 5.74) is 0.754. The van der Waals surface area contributed by atoms with E-state index in [0.29, 0.717) is 0 Å². The normalized spacial score (nSPS) is 25.0. The lowest BCUT2D eigenvalue weighted by molar-refractivity contribution is -0.192. The molecule has 1 saturated carbocycles. The molecule has 3 heterocycles. The molecule has 1 aromatic rings. The number of alkyl halides is 3. The molecule has 11 heteroatoms. The molecule has 1 spiro atoms. The zero-order chi connectivity index (χ0) is 21.9. The second kappa shape index (κ2) is 8.49. The summed E-state index contributed by atoms with van der Waals surface area (Å²) in [6.45, 7) is 3.28. The van der Waals surface area contributed by atoms with Crippen LogP contribution in [0.1, 0.15) is 25.7 Å². The van der Waals surface area contributed by atoms with Crippen molar-refractivity contribution < 1.29 is 32.7 Å². The molecule has 3 amide bonds. The highest BCUT2D eigenvalue weighted by Crippen LogP contribution is 2.58. The average molecular weight is 428 g/mol. The molecule has 2 aliphatic heterocycles. The van der Waals surface area contributed by atoms with Crippen molar-refractivity contribution in [2.45, 2.75) is 31.9 Å². The van der Waals surface area contributed by atoms with E-state index in [9.17, 15) is 22.8 Å². The van der Waals surface area contributed by atoms with Crippen molar-refractivity contribution in [3.8, 4) is 0 Å². The molecule has 0 radical (unpaired) electrons. The van der Waals surface area contributed by atoms with Gasteiger partial charge in [0.15, 0.2) is 0 Å². The summed E-state index contributed by atoms with van der Waals surface area (Å²) in [5, 5.41) is 10.1. The van der Waals surface area contributed by atoms with Gasteiger partial charge < -0.3 is 20.2 Å². The second-order valence-corrected chi connectivity index (χ2v) is 7.80. The van der Waals surface area contributed by atoms with E-state index < -0.39 is 12.1 Å². The summed E-state index contributed by atoms with van der Waals surface area (Å²) >= 11 is 0. The van der Waals surface area contributed by atoms with E-state index in [0.717, 1.165) is 57.5 Å². The van der Waals surface area contributed by atoms with E-state index in [1.807, 2.05) is 21.9 Å². The number of amides is 3. The van der Waals surface area contributed by atoms with Gasteiger partial charge in [-0.15, -0.1) is 0 Å². The van der Waals surface area contributed by atoms with E-state index in [2.05, 4.69) is 10.3 Å². The van der Waals surface area contributed by atoms with E-state index in [4.69, 9.17) is 9.90 Å². The van der Waals surface area contributed by atoms with Crippen LogP contribution in [0.5, 0.6) is 0 Å². The molecule has 1 aromatic heterocycles. The van der Waals surface area contributed by atoms with Gasteiger partial charge in [0.2, 0.25) is 5.91 Å². The first-order chi connectivity index (χ1) is 14.1. The number of carboxylic acids is 1. The largest absolute Gasteiger partial charge is 0.490 e. The Morgan fingerprint density at radius 1 is 1.17 bits per heavy atom. The first kappa shape index (κ1) is 21.8. The number of aliphatic carboxylic acids is 1. The van der Waals surface area contributed by atoms with Crippen LogP contribution in [0.2, 0.25) is 0 Å². The lowest BCUT2D eigenvalue weighted by Crippen LogP contribution is -2.40. The van der Waals surface area contributed by atoms with Crippen molar-refractivity contribution in [3.63, 3.8) is 0 Å². The number of anilines is 1. The van der Waals surface area contributed by atoms with Crippen molar-refractivity contribution in [2.24, 2.45) is 11.3 Å². The van der Waals surface area contributed by atoms with Gasteiger partial charge in [-0.3, -0.25) is 9.78 Å². The van der Waals surface area contributed by atoms with Gasteiger partial charge in [0.25, 0.3) is 0 Å². The summed E-state index contributed by atoms with van der Waals surface area (Å²) in [4.78, 5) is 41.7. The smallest absolute Gasteiger partial charge is 0.475 e. The maximum absolute atomic E-state index is 12.5. The van der Waals surface area contributed by atoms with Crippen LogP contribution in [-0.2, 0) is 9.59 Å². The standard InChI is InChI=1S/C17H22N4O2.C2HF3O2/c22-15(19-13-4-3-6-18-11-13)14-10-17(14)5-9-21(12-17)16(23)20-7-1-2-8-20;3-2(4,5)1(6)7/h3-4,6,11,14H,1-2,5,7-10,12H2,(H,19,22);(H,6,7). The third-order valence-corrected chi connectivity index (χ3v) is 5.71. The minimum Gasteiger partial charge on any atom is -0.475 e. The highest BCUT2D eigenvalue weighted by molar-refractivity contribution is 5.95. The molecule has 3 aliphatic rings. The Morgan fingerprint density at radius 2 is 1.83 bits per heavy atom. The molecule has 8 nitrogen and oxygen atoms in total. The van der Waals surface area contributed by atoms with Gasteiger partial charge in [0, 0.05) is 43.7 Å². The number of halogens is 3. The maximum Gasteiger partial charge on any atom is 0.490 e. The minimum absolute atomic E-state index is 0.0156. The van der Waals surface area contributed by atoms with Crippen LogP contribution < -0.4 is 5.32 Å². The van der Waals surface area contributed by atoms with Crippen LogP contribution in [0.15, 0.2) is 24.5 Å². The van der Waals surface area contributed by atoms with Gasteiger partial charge in [0.1, 0.15) is 0 Å². The molecular weight excluding hydrogens is 405 g/mol. The number of nitrogens with one attached hydrogen (secondary N) is 1. The van der Waals surface area contributed by atoms with Crippen LogP contribution in [0.25, 0.3) is 0 Å². The van der Waals surface area contributed by atoms with Crippen LogP contribution in [-0.4, -0.2) is 70.2 Å². The van der Waals surface area contributed by atoms with Crippen LogP contribution in [0, 0.1) is 11.3 Å². The number of hydrogen-bond donors (Lipinski definition) is 2. The highest BCUT2D eigenvalue weighted by atomic mass is 19.4. The van der Waals surface area contributed by atoms with Gasteiger partial charge in [-0.2, -0.15) is 13.2 Å². The van der Waals surface area contributed by atoms with Crippen molar-refractivity contribution in [1.82, 2.24) is 14.8 Å². The Morgan fingerprint density at radius 3 is 2.40 bits per heavy atom. The molecule has 2 N–H and O–H groups in total. The van der Waals surface area contributed by atoms with E-state index in [-0.39, 0.29) is 23.3 Å². The molecule has 164 valence electrons. The molecule has 1 aliphatic carbocycles. The molecule has 0 bridgehead atoms. The fraction of sp³-hybridized carbons (Fsp3) is 0.579. The summed E-state index contributed by atoms with van der Waals surface area (Å²) < 4.78 is 31.7. The molecule has 2 saturated heterocycles. The molecule has 30 heavy (non-hydrogen) atoms. The van der Waals surface area contributed by atoms with Crippen molar-refractivity contribution >= 4 is 23.6 Å². The zero-order valence-electron chi connectivity index (χ0n) is 16.2. The van der Waals surface area contributed by atoms with Gasteiger partial charge in [-0.1, -0.05) is 0 Å². The first-order valence-electron chi connectivity index (χ1n) is 9.67. The minimum atomic E-state index is -5.08. The van der Waals surface area contributed by atoms with Crippen molar-refractivity contribution in [3.05, 3.63) is 24.5 Å². The average Bonchev–Trinajstić information content (AvgIpc) is 3.02. The summed E-state index contributed by atoms with van der Waals surface area (Å²) in [6.07, 6.45) is 2.32. The van der Waals surface area contributed by atoms with Gasteiger partial charge >= 0.3 is 18.2 Å². The second-order valence-electron chi connectivity index (χ2n) is 7.80. The first-order valence-corrected chi connectivity index (χ1v) is 9.67. The van der Waals surface area contributed by atoms with E-state index in [1.54, 1.807) is 12.4 Å². The number of likely N-dealkylation sites (tertiary alicyclic amines) is 2. The fourth-order valence-electron chi connectivity index (χ4n) is 4.00. The molecule has 2 atom stereocenters.